The summed E-state index contributed by atoms with van der Waals surface area (Å²) in [7, 11) is 0. The van der Waals surface area contributed by atoms with Gasteiger partial charge in [0.15, 0.2) is 5.78 Å². The number of halogens is 7. The maximum Gasteiger partial charge on any atom is 0.435 e. The first-order valence-electron chi connectivity index (χ1n) is 9.06. The Balaban J connectivity index is 1.99. The Morgan fingerprint density at radius 3 is 2.00 bits per heavy atom. The van der Waals surface area contributed by atoms with Gasteiger partial charge in [0, 0.05) is 29.1 Å². The number of alkyl halides is 7. The maximum absolute atomic E-state index is 14.4. The molecule has 0 saturated carbocycles. The van der Waals surface area contributed by atoms with Crippen LogP contribution >= 0.6 is 0 Å². The number of nitrogens with zero attached hydrogens (tertiary/aromatic N) is 1. The fraction of sp³-hybridized carbons (Fsp3) is 0.273. The van der Waals surface area contributed by atoms with Crippen molar-refractivity contribution in [2.75, 3.05) is 0 Å². The summed E-state index contributed by atoms with van der Waals surface area (Å²) < 4.78 is 92.7. The zero-order valence-corrected chi connectivity index (χ0v) is 16.3. The Morgan fingerprint density at radius 1 is 0.871 bits per heavy atom. The van der Waals surface area contributed by atoms with Crippen molar-refractivity contribution in [2.24, 2.45) is 0 Å². The van der Waals surface area contributed by atoms with Gasteiger partial charge < -0.3 is 0 Å². The number of carbonyl (C=O) groups is 1. The second kappa shape index (κ2) is 7.62. The van der Waals surface area contributed by atoms with Gasteiger partial charge in [-0.05, 0) is 54.8 Å². The lowest BCUT2D eigenvalue weighted by molar-refractivity contribution is -0.348. The normalized spacial score (nSPS) is 12.9. The van der Waals surface area contributed by atoms with Crippen molar-refractivity contribution in [3.05, 3.63) is 76.5 Å². The van der Waals surface area contributed by atoms with Crippen LogP contribution in [0.5, 0.6) is 0 Å². The summed E-state index contributed by atoms with van der Waals surface area (Å²) in [6.45, 7) is 2.49. The Labute approximate surface area is 172 Å². The molecule has 2 aromatic carbocycles. The Kier molecular flexibility index (Phi) is 5.58. The highest BCUT2D eigenvalue weighted by atomic mass is 19.4. The molecule has 0 fully saturated rings. The van der Waals surface area contributed by atoms with Gasteiger partial charge in [-0.15, -0.1) is 0 Å². The number of carbonyl (C=O) groups excluding carboxylic acids is 1. The van der Waals surface area contributed by atoms with Crippen LogP contribution in [0, 0.1) is 13.8 Å². The lowest BCUT2D eigenvalue weighted by Gasteiger charge is -2.31. The van der Waals surface area contributed by atoms with Crippen LogP contribution in [-0.2, 0) is 12.1 Å². The summed E-state index contributed by atoms with van der Waals surface area (Å²) in [6.07, 6.45) is -11.1. The van der Waals surface area contributed by atoms with Crippen LogP contribution in [0.2, 0.25) is 0 Å². The molecular formula is C22H16F7NO. The van der Waals surface area contributed by atoms with Crippen molar-refractivity contribution in [3.8, 4) is 0 Å². The number of benzene rings is 2. The molecule has 9 heteroatoms. The second-order valence-electron chi connectivity index (χ2n) is 7.25. The van der Waals surface area contributed by atoms with Gasteiger partial charge in [0.05, 0.1) is 5.52 Å². The molecule has 0 saturated heterocycles. The summed E-state index contributed by atoms with van der Waals surface area (Å²) in [5.41, 5.74) is -5.93. The minimum Gasteiger partial charge on any atom is -0.294 e. The van der Waals surface area contributed by atoms with Crippen LogP contribution < -0.4 is 0 Å². The molecule has 0 unspecified atom stereocenters. The molecule has 0 spiro atoms. The zero-order chi connectivity index (χ0) is 23.2. The fourth-order valence-electron chi connectivity index (χ4n) is 3.47. The first-order chi connectivity index (χ1) is 14.3. The van der Waals surface area contributed by atoms with Gasteiger partial charge in [0.1, 0.15) is 0 Å². The van der Waals surface area contributed by atoms with Crippen LogP contribution in [0.3, 0.4) is 0 Å². The number of hydrogen-bond donors (Lipinski definition) is 0. The SMILES string of the molecule is Cc1cc(C(F)(C(F)(F)F)C(F)(F)F)cc(C)c1CC(=O)c1ccc2ncccc2c1. The zero-order valence-electron chi connectivity index (χ0n) is 16.3. The van der Waals surface area contributed by atoms with Crippen LogP contribution in [0.1, 0.15) is 32.6 Å². The summed E-state index contributed by atoms with van der Waals surface area (Å²) in [5.74, 6) is -0.386. The molecule has 31 heavy (non-hydrogen) atoms. The molecule has 0 aliphatic carbocycles. The topological polar surface area (TPSA) is 30.0 Å². The standard InChI is InChI=1S/C22H16F7NO/c1-12-8-16(20(23,21(24,25)26)22(27,28)29)9-13(2)17(12)11-19(31)15-5-6-18-14(10-15)4-3-7-30-18/h3-10H,11H2,1-2H3. The van der Waals surface area contributed by atoms with Crippen molar-refractivity contribution in [1.82, 2.24) is 4.98 Å². The molecule has 0 atom stereocenters. The molecule has 1 aromatic heterocycles. The van der Waals surface area contributed by atoms with Crippen LogP contribution in [0.15, 0.2) is 48.7 Å². The predicted molar refractivity (Wildman–Crippen MR) is 101 cm³/mol. The molecule has 0 amide bonds. The van der Waals surface area contributed by atoms with Crippen molar-refractivity contribution in [2.45, 2.75) is 38.3 Å². The smallest absolute Gasteiger partial charge is 0.294 e. The molecule has 0 bridgehead atoms. The fourth-order valence-corrected chi connectivity index (χ4v) is 3.47. The van der Waals surface area contributed by atoms with Gasteiger partial charge in [-0.1, -0.05) is 18.2 Å². The molecule has 0 radical (unpaired) electrons. The molecule has 164 valence electrons. The van der Waals surface area contributed by atoms with Crippen molar-refractivity contribution in [3.63, 3.8) is 0 Å². The number of rotatable bonds is 4. The average molecular weight is 443 g/mol. The second-order valence-corrected chi connectivity index (χ2v) is 7.25. The van der Waals surface area contributed by atoms with E-state index < -0.39 is 23.6 Å². The van der Waals surface area contributed by atoms with E-state index in [1.54, 1.807) is 30.5 Å². The summed E-state index contributed by atoms with van der Waals surface area (Å²) in [5, 5.41) is 0.703. The predicted octanol–water partition coefficient (Wildman–Crippen LogP) is 6.57. The minimum atomic E-state index is -6.19. The number of ketones is 1. The van der Waals surface area contributed by atoms with E-state index in [0.29, 0.717) is 28.6 Å². The molecular weight excluding hydrogens is 427 g/mol. The average Bonchev–Trinajstić information content (AvgIpc) is 2.67. The van der Waals surface area contributed by atoms with E-state index in [9.17, 15) is 35.5 Å². The number of aryl methyl sites for hydroxylation is 2. The van der Waals surface area contributed by atoms with Gasteiger partial charge in [0.25, 0.3) is 0 Å². The first-order valence-corrected chi connectivity index (χ1v) is 9.06. The third kappa shape index (κ3) is 4.00. The quantitative estimate of drug-likeness (QED) is 0.337. The minimum absolute atomic E-state index is 0.0404. The molecule has 0 aliphatic rings. The van der Waals surface area contributed by atoms with E-state index >= 15 is 0 Å². The lowest BCUT2D eigenvalue weighted by Crippen LogP contribution is -2.50. The Bertz CT molecular complexity index is 1110. The monoisotopic (exact) mass is 443 g/mol. The number of fused-ring (bicyclic) bond motifs is 1. The molecule has 3 rings (SSSR count). The van der Waals surface area contributed by atoms with Gasteiger partial charge >= 0.3 is 18.0 Å². The highest BCUT2D eigenvalue weighted by Crippen LogP contribution is 2.53. The molecule has 1 heterocycles. The van der Waals surface area contributed by atoms with E-state index in [1.165, 1.54) is 19.9 Å². The molecule has 0 N–H and O–H groups in total. The van der Waals surface area contributed by atoms with Crippen LogP contribution in [0.25, 0.3) is 10.9 Å². The van der Waals surface area contributed by atoms with Crippen molar-refractivity contribution < 1.29 is 35.5 Å². The first kappa shape index (κ1) is 22.7. The Hall–Kier alpha value is -2.97. The molecule has 2 nitrogen and oxygen atoms in total. The Morgan fingerprint density at radius 2 is 1.45 bits per heavy atom. The largest absolute Gasteiger partial charge is 0.435 e. The highest BCUT2D eigenvalue weighted by molar-refractivity contribution is 6.00. The number of aromatic nitrogens is 1. The molecule has 0 aliphatic heterocycles. The van der Waals surface area contributed by atoms with Crippen molar-refractivity contribution >= 4 is 16.7 Å². The van der Waals surface area contributed by atoms with E-state index in [2.05, 4.69) is 4.98 Å². The maximum atomic E-state index is 14.4. The number of hydrogen-bond acceptors (Lipinski definition) is 2. The van der Waals surface area contributed by atoms with Gasteiger partial charge in [-0.25, -0.2) is 4.39 Å². The third-order valence-corrected chi connectivity index (χ3v) is 5.14. The van der Waals surface area contributed by atoms with Gasteiger partial charge in [-0.2, -0.15) is 26.3 Å². The summed E-state index contributed by atoms with van der Waals surface area (Å²) >= 11 is 0. The van der Waals surface area contributed by atoms with Gasteiger partial charge in [-0.3, -0.25) is 9.78 Å². The van der Waals surface area contributed by atoms with E-state index in [4.69, 9.17) is 0 Å². The number of Topliss-reactive ketones (excluding diaryl/α,β-unsaturated/α-hetero) is 1. The summed E-state index contributed by atoms with van der Waals surface area (Å²) in [4.78, 5) is 16.8. The molecule has 3 aromatic rings. The van der Waals surface area contributed by atoms with Crippen molar-refractivity contribution in [1.29, 1.82) is 0 Å². The third-order valence-electron chi connectivity index (χ3n) is 5.14. The van der Waals surface area contributed by atoms with Gasteiger partial charge in [0.2, 0.25) is 0 Å². The van der Waals surface area contributed by atoms with E-state index in [-0.39, 0.29) is 28.9 Å². The van der Waals surface area contributed by atoms with E-state index in [1.807, 2.05) is 0 Å². The number of pyridine rings is 1. The highest BCUT2D eigenvalue weighted by Gasteiger charge is 2.73. The van der Waals surface area contributed by atoms with E-state index in [0.717, 1.165) is 0 Å². The van der Waals surface area contributed by atoms with Crippen LogP contribution in [0.4, 0.5) is 30.7 Å². The van der Waals surface area contributed by atoms with Crippen LogP contribution in [-0.4, -0.2) is 23.1 Å². The summed E-state index contributed by atoms with van der Waals surface area (Å²) in [6, 6.07) is 9.21. The lowest BCUT2D eigenvalue weighted by atomic mass is 9.87.